The van der Waals surface area contributed by atoms with Gasteiger partial charge in [0.15, 0.2) is 0 Å². The van der Waals surface area contributed by atoms with E-state index in [-0.39, 0.29) is 18.9 Å². The van der Waals surface area contributed by atoms with Crippen LogP contribution in [0.5, 0.6) is 5.75 Å². The third-order valence-corrected chi connectivity index (χ3v) is 6.57. The number of pyridine rings is 2. The van der Waals surface area contributed by atoms with Crippen LogP contribution in [0, 0.1) is 12.8 Å². The molecule has 1 aliphatic carbocycles. The van der Waals surface area contributed by atoms with Gasteiger partial charge in [-0.05, 0) is 38.7 Å². The maximum Gasteiger partial charge on any atom is 0.391 e. The number of aromatic nitrogens is 5. The van der Waals surface area contributed by atoms with Crippen molar-refractivity contribution in [2.75, 3.05) is 0 Å². The first-order chi connectivity index (χ1) is 16.3. The second-order valence-corrected chi connectivity index (χ2v) is 9.06. The van der Waals surface area contributed by atoms with Crippen molar-refractivity contribution in [1.82, 2.24) is 24.5 Å². The first-order valence-corrected chi connectivity index (χ1v) is 11.5. The van der Waals surface area contributed by atoms with Gasteiger partial charge in [0.1, 0.15) is 10.9 Å². The number of ether oxygens (including phenoxy) is 1. The van der Waals surface area contributed by atoms with Gasteiger partial charge in [-0.15, -0.1) is 0 Å². The summed E-state index contributed by atoms with van der Waals surface area (Å²) < 4.78 is 47.2. The lowest BCUT2D eigenvalue weighted by Crippen LogP contribution is -2.31. The number of aryl methyl sites for hydroxylation is 1. The molecular formula is C24H23ClF3N5O. The highest BCUT2D eigenvalue weighted by Crippen LogP contribution is 2.39. The minimum atomic E-state index is -4.14. The second kappa shape index (κ2) is 8.94. The Bertz CT molecular complexity index is 1290. The minimum Gasteiger partial charge on any atom is -0.490 e. The molecule has 0 unspecified atom stereocenters. The van der Waals surface area contributed by atoms with Crippen molar-refractivity contribution in [2.24, 2.45) is 5.92 Å². The molecule has 0 aliphatic heterocycles. The Hall–Kier alpha value is -3.07. The fraction of sp³-hybridized carbons (Fsp3) is 0.375. The fourth-order valence-electron chi connectivity index (χ4n) is 4.63. The zero-order valence-corrected chi connectivity index (χ0v) is 19.2. The number of rotatable bonds is 5. The number of H-pyrrole nitrogens is 1. The van der Waals surface area contributed by atoms with Gasteiger partial charge in [0.05, 0.1) is 41.8 Å². The summed E-state index contributed by atoms with van der Waals surface area (Å²) >= 11 is 6.50. The number of alkyl halides is 3. The van der Waals surface area contributed by atoms with Crippen LogP contribution < -0.4 is 4.74 Å². The highest BCUT2D eigenvalue weighted by atomic mass is 35.5. The molecule has 0 bridgehead atoms. The van der Waals surface area contributed by atoms with Crippen LogP contribution in [0.2, 0.25) is 5.15 Å². The summed E-state index contributed by atoms with van der Waals surface area (Å²) in [5.74, 6) is -0.648. The van der Waals surface area contributed by atoms with E-state index in [1.807, 2.05) is 31.3 Å². The summed E-state index contributed by atoms with van der Waals surface area (Å²) in [5.41, 5.74) is 4.06. The van der Waals surface area contributed by atoms with Gasteiger partial charge in [-0.3, -0.25) is 4.98 Å². The molecule has 0 atom stereocenters. The largest absolute Gasteiger partial charge is 0.490 e. The first-order valence-electron chi connectivity index (χ1n) is 11.1. The Labute approximate surface area is 199 Å². The lowest BCUT2D eigenvalue weighted by Gasteiger charge is -2.30. The van der Waals surface area contributed by atoms with Crippen LogP contribution in [-0.2, 0) is 6.54 Å². The Morgan fingerprint density at radius 2 is 2.00 bits per heavy atom. The van der Waals surface area contributed by atoms with Gasteiger partial charge in [0, 0.05) is 47.4 Å². The van der Waals surface area contributed by atoms with Gasteiger partial charge in [0.2, 0.25) is 0 Å². The van der Waals surface area contributed by atoms with E-state index in [1.165, 1.54) is 0 Å². The van der Waals surface area contributed by atoms with E-state index < -0.39 is 12.1 Å². The summed E-state index contributed by atoms with van der Waals surface area (Å²) in [4.78, 5) is 16.1. The van der Waals surface area contributed by atoms with E-state index in [1.54, 1.807) is 18.7 Å². The number of aromatic amines is 1. The van der Waals surface area contributed by atoms with E-state index >= 15 is 0 Å². The summed E-state index contributed by atoms with van der Waals surface area (Å²) in [5, 5.41) is 1.14. The van der Waals surface area contributed by atoms with Gasteiger partial charge < -0.3 is 14.3 Å². The predicted octanol–water partition coefficient (Wildman–Crippen LogP) is 6.33. The van der Waals surface area contributed by atoms with Crippen molar-refractivity contribution < 1.29 is 17.9 Å². The maximum atomic E-state index is 13.0. The molecule has 5 rings (SSSR count). The van der Waals surface area contributed by atoms with Crippen LogP contribution in [0.4, 0.5) is 13.2 Å². The van der Waals surface area contributed by atoms with Crippen LogP contribution in [0.3, 0.4) is 0 Å². The van der Waals surface area contributed by atoms with Gasteiger partial charge in [-0.25, -0.2) is 9.97 Å². The van der Waals surface area contributed by atoms with Crippen LogP contribution in [0.1, 0.15) is 37.1 Å². The van der Waals surface area contributed by atoms with Crippen LogP contribution in [-0.4, -0.2) is 36.8 Å². The van der Waals surface area contributed by atoms with E-state index in [0.29, 0.717) is 36.0 Å². The molecule has 0 amide bonds. The SMILES string of the molecule is Cc1cc(OC2CCC(C(F)(F)F)CC2)cc(-c2cn(Cc3cnc[nH]3)c3ccnc(Cl)c23)n1. The number of nitrogens with zero attached hydrogens (tertiary/aromatic N) is 4. The normalized spacial score (nSPS) is 19.0. The third-order valence-electron chi connectivity index (χ3n) is 6.28. The third kappa shape index (κ3) is 4.61. The Kier molecular flexibility index (Phi) is 5.97. The van der Waals surface area contributed by atoms with E-state index in [9.17, 15) is 13.2 Å². The van der Waals surface area contributed by atoms with Crippen LogP contribution in [0.25, 0.3) is 22.2 Å². The molecule has 4 heterocycles. The van der Waals surface area contributed by atoms with Gasteiger partial charge in [-0.1, -0.05) is 11.6 Å². The van der Waals surface area contributed by atoms with Crippen molar-refractivity contribution in [3.8, 4) is 17.0 Å². The van der Waals surface area contributed by atoms with E-state index in [2.05, 4.69) is 19.5 Å². The monoisotopic (exact) mass is 489 g/mol. The molecule has 10 heteroatoms. The molecule has 1 fully saturated rings. The van der Waals surface area contributed by atoms with Gasteiger partial charge >= 0.3 is 6.18 Å². The van der Waals surface area contributed by atoms with Gasteiger partial charge in [0.25, 0.3) is 0 Å². The standard InChI is InChI=1S/C24H23ClF3N5O/c1-14-8-18(34-17-4-2-15(3-5-17)24(26,27)28)9-20(32-14)19-12-33(11-16-10-29-13-31-16)21-6-7-30-23(25)22(19)21/h6-10,12-13,15,17H,2-5,11H2,1H3,(H,29,31). The molecule has 4 aromatic rings. The Balaban J connectivity index is 1.45. The Morgan fingerprint density at radius 1 is 1.21 bits per heavy atom. The lowest BCUT2D eigenvalue weighted by molar-refractivity contribution is -0.185. The topological polar surface area (TPSA) is 68.6 Å². The van der Waals surface area contributed by atoms with Crippen molar-refractivity contribution in [1.29, 1.82) is 0 Å². The average Bonchev–Trinajstić information content (AvgIpc) is 3.42. The van der Waals surface area contributed by atoms with Crippen molar-refractivity contribution in [3.05, 3.63) is 59.7 Å². The smallest absolute Gasteiger partial charge is 0.391 e. The summed E-state index contributed by atoms with van der Waals surface area (Å²) in [6.07, 6.45) is 3.57. The van der Waals surface area contributed by atoms with E-state index in [0.717, 1.165) is 27.9 Å². The molecule has 1 saturated carbocycles. The molecule has 0 spiro atoms. The molecule has 0 saturated heterocycles. The van der Waals surface area contributed by atoms with Crippen LogP contribution in [0.15, 0.2) is 43.1 Å². The zero-order chi connectivity index (χ0) is 23.9. The highest BCUT2D eigenvalue weighted by molar-refractivity contribution is 6.35. The molecule has 0 radical (unpaired) electrons. The molecular weight excluding hydrogens is 467 g/mol. The van der Waals surface area contributed by atoms with Gasteiger partial charge in [-0.2, -0.15) is 13.2 Å². The number of imidazole rings is 1. The van der Waals surface area contributed by atoms with Crippen LogP contribution >= 0.6 is 11.6 Å². The predicted molar refractivity (Wildman–Crippen MR) is 123 cm³/mol. The zero-order valence-electron chi connectivity index (χ0n) is 18.4. The summed E-state index contributed by atoms with van der Waals surface area (Å²) in [6.45, 7) is 2.43. The summed E-state index contributed by atoms with van der Waals surface area (Å²) in [6, 6.07) is 5.53. The number of halogens is 4. The fourth-order valence-corrected chi connectivity index (χ4v) is 4.88. The molecule has 4 aromatic heterocycles. The molecule has 0 aromatic carbocycles. The maximum absolute atomic E-state index is 13.0. The molecule has 1 aliphatic rings. The number of nitrogens with one attached hydrogen (secondary N) is 1. The number of hydrogen-bond acceptors (Lipinski definition) is 4. The van der Waals surface area contributed by atoms with Crippen molar-refractivity contribution >= 4 is 22.5 Å². The van der Waals surface area contributed by atoms with E-state index in [4.69, 9.17) is 21.3 Å². The average molecular weight is 490 g/mol. The molecule has 178 valence electrons. The second-order valence-electron chi connectivity index (χ2n) is 8.71. The quantitative estimate of drug-likeness (QED) is 0.332. The number of fused-ring (bicyclic) bond motifs is 1. The molecule has 34 heavy (non-hydrogen) atoms. The molecule has 1 N–H and O–H groups in total. The minimum absolute atomic E-state index is 0.0907. The highest BCUT2D eigenvalue weighted by Gasteiger charge is 2.41. The molecule has 6 nitrogen and oxygen atoms in total. The number of hydrogen-bond donors (Lipinski definition) is 1. The van der Waals surface area contributed by atoms with Crippen molar-refractivity contribution in [3.63, 3.8) is 0 Å². The Morgan fingerprint density at radius 3 is 2.71 bits per heavy atom. The first kappa shape index (κ1) is 22.7. The van der Waals surface area contributed by atoms with Crippen molar-refractivity contribution in [2.45, 2.75) is 51.4 Å². The summed E-state index contributed by atoms with van der Waals surface area (Å²) in [7, 11) is 0. The lowest BCUT2D eigenvalue weighted by atomic mass is 9.87.